The molecule has 0 spiro atoms. The second-order valence-electron chi connectivity index (χ2n) is 11.3. The lowest BCUT2D eigenvalue weighted by Gasteiger charge is -2.64. The Balaban J connectivity index is 1.69. The van der Waals surface area contributed by atoms with Gasteiger partial charge < -0.3 is 19.7 Å². The molecule has 5 rings (SSSR count). The van der Waals surface area contributed by atoms with Gasteiger partial charge in [0.1, 0.15) is 23.1 Å². The number of rotatable bonds is 4. The number of aliphatic hydroxyl groups is 2. The van der Waals surface area contributed by atoms with Gasteiger partial charge in [-0.25, -0.2) is 4.79 Å². The van der Waals surface area contributed by atoms with Crippen LogP contribution in [0.4, 0.5) is 0 Å². The van der Waals surface area contributed by atoms with Crippen LogP contribution in [0.5, 0.6) is 0 Å². The van der Waals surface area contributed by atoms with Crippen LogP contribution in [0.15, 0.2) is 30.3 Å². The Kier molecular flexibility index (Phi) is 5.91. The molecule has 0 aliphatic heterocycles. The molecule has 4 aliphatic rings. The van der Waals surface area contributed by atoms with E-state index in [2.05, 4.69) is 0 Å². The first-order chi connectivity index (χ1) is 17.0. The molecule has 0 heterocycles. The van der Waals surface area contributed by atoms with Crippen molar-refractivity contribution in [1.29, 1.82) is 0 Å². The standard InChI is InChI=1S/C28H34O8/c1-3-35-24(32)27-13-8-7-12-26(27,33)15-18(29)21-22(27)19(36-23(31)17-9-5-4-6-10-17)16-25(2)20(30)11-14-28(21,25)34/h4-6,9-10,19,21-22,33-34H,3,7-8,11-16H2,1-2H3/t19-,21+,22-,25-,26+,27+,28+/m1/s1. The van der Waals surface area contributed by atoms with E-state index in [-0.39, 0.29) is 50.9 Å². The predicted octanol–water partition coefficient (Wildman–Crippen LogP) is 2.78. The molecule has 7 atom stereocenters. The molecule has 0 unspecified atom stereocenters. The van der Waals surface area contributed by atoms with E-state index < -0.39 is 57.7 Å². The lowest BCUT2D eigenvalue weighted by molar-refractivity contribution is -0.261. The Hall–Kier alpha value is -2.58. The van der Waals surface area contributed by atoms with Crippen LogP contribution in [-0.2, 0) is 23.9 Å². The van der Waals surface area contributed by atoms with Crippen LogP contribution >= 0.6 is 0 Å². The lowest BCUT2D eigenvalue weighted by atomic mass is 9.41. The third-order valence-corrected chi connectivity index (χ3v) is 9.72. The SMILES string of the molecule is CCOC(=O)[C@@]12CCCC[C@]1(O)CC(=O)[C@H]1[C@H]2[C@H](OC(=O)c2ccccc2)C[C@]2(C)C(=O)CC[C@]12O. The monoisotopic (exact) mass is 498 g/mol. The maximum absolute atomic E-state index is 13.8. The number of hydrogen-bond donors (Lipinski definition) is 2. The third kappa shape index (κ3) is 3.19. The molecule has 1 aromatic rings. The summed E-state index contributed by atoms with van der Waals surface area (Å²) >= 11 is 0. The molecule has 8 heteroatoms. The van der Waals surface area contributed by atoms with Crippen molar-refractivity contribution in [3.05, 3.63) is 35.9 Å². The molecule has 4 fully saturated rings. The summed E-state index contributed by atoms with van der Waals surface area (Å²) in [7, 11) is 0. The number of esters is 2. The maximum atomic E-state index is 13.8. The van der Waals surface area contributed by atoms with Gasteiger partial charge in [-0.2, -0.15) is 0 Å². The topological polar surface area (TPSA) is 127 Å². The van der Waals surface area contributed by atoms with Gasteiger partial charge in [0.05, 0.1) is 34.7 Å². The molecule has 4 saturated carbocycles. The number of ketones is 2. The van der Waals surface area contributed by atoms with Crippen molar-refractivity contribution < 1.29 is 38.9 Å². The molecule has 0 radical (unpaired) electrons. The molecule has 194 valence electrons. The number of carbonyl (C=O) groups is 4. The second kappa shape index (κ2) is 8.48. The van der Waals surface area contributed by atoms with Crippen LogP contribution in [0.1, 0.15) is 75.6 Å². The van der Waals surface area contributed by atoms with Gasteiger partial charge in [0.15, 0.2) is 0 Å². The Morgan fingerprint density at radius 3 is 2.44 bits per heavy atom. The number of Topliss-reactive ketones (excluding diaryl/α,β-unsaturated/α-hetero) is 2. The van der Waals surface area contributed by atoms with Crippen molar-refractivity contribution in [2.24, 2.45) is 22.7 Å². The minimum absolute atomic E-state index is 0.0351. The minimum atomic E-state index is -1.69. The molecule has 8 nitrogen and oxygen atoms in total. The summed E-state index contributed by atoms with van der Waals surface area (Å²) in [6, 6.07) is 8.37. The van der Waals surface area contributed by atoms with E-state index in [0.717, 1.165) is 0 Å². The van der Waals surface area contributed by atoms with Crippen molar-refractivity contribution in [2.45, 2.75) is 82.5 Å². The van der Waals surface area contributed by atoms with Crippen LogP contribution in [0.2, 0.25) is 0 Å². The fourth-order valence-electron chi connectivity index (χ4n) is 7.98. The summed E-state index contributed by atoms with van der Waals surface area (Å²) in [4.78, 5) is 53.9. The van der Waals surface area contributed by atoms with Crippen LogP contribution in [0.3, 0.4) is 0 Å². The number of carbonyl (C=O) groups excluding carboxylic acids is 4. The van der Waals surface area contributed by atoms with Gasteiger partial charge in [-0.1, -0.05) is 31.0 Å². The second-order valence-corrected chi connectivity index (χ2v) is 11.3. The fraction of sp³-hybridized carbons (Fsp3) is 0.643. The first-order valence-electron chi connectivity index (χ1n) is 13.0. The highest BCUT2D eigenvalue weighted by Crippen LogP contribution is 2.68. The maximum Gasteiger partial charge on any atom is 0.338 e. The Morgan fingerprint density at radius 1 is 1.06 bits per heavy atom. The summed E-state index contributed by atoms with van der Waals surface area (Å²) < 4.78 is 11.6. The summed E-state index contributed by atoms with van der Waals surface area (Å²) in [6.45, 7) is 3.39. The molecule has 2 N–H and O–H groups in total. The number of benzene rings is 1. The summed E-state index contributed by atoms with van der Waals surface area (Å²) in [5, 5.41) is 24.0. The Morgan fingerprint density at radius 2 is 1.75 bits per heavy atom. The number of hydrogen-bond acceptors (Lipinski definition) is 8. The van der Waals surface area contributed by atoms with Crippen LogP contribution in [0.25, 0.3) is 0 Å². The van der Waals surface area contributed by atoms with E-state index >= 15 is 0 Å². The molecule has 36 heavy (non-hydrogen) atoms. The van der Waals surface area contributed by atoms with Crippen LogP contribution < -0.4 is 0 Å². The average Bonchev–Trinajstić information content (AvgIpc) is 3.08. The summed E-state index contributed by atoms with van der Waals surface area (Å²) in [5.41, 5.74) is -5.93. The molecule has 0 amide bonds. The van der Waals surface area contributed by atoms with Gasteiger partial charge in [-0.05, 0) is 51.7 Å². The molecule has 0 bridgehead atoms. The smallest absolute Gasteiger partial charge is 0.338 e. The highest BCUT2D eigenvalue weighted by Gasteiger charge is 2.78. The van der Waals surface area contributed by atoms with Crippen LogP contribution in [-0.4, -0.2) is 57.6 Å². The summed E-state index contributed by atoms with van der Waals surface area (Å²) in [6.07, 6.45) is 0.528. The molecule has 1 aromatic carbocycles. The van der Waals surface area contributed by atoms with Crippen molar-refractivity contribution in [3.63, 3.8) is 0 Å². The van der Waals surface area contributed by atoms with Gasteiger partial charge in [0.2, 0.25) is 0 Å². The first-order valence-corrected chi connectivity index (χ1v) is 13.0. The minimum Gasteiger partial charge on any atom is -0.465 e. The molecule has 4 aliphatic carbocycles. The number of fused-ring (bicyclic) bond motifs is 5. The van der Waals surface area contributed by atoms with Crippen molar-refractivity contribution in [3.8, 4) is 0 Å². The Bertz CT molecular complexity index is 1100. The zero-order valence-electron chi connectivity index (χ0n) is 20.8. The normalized spacial score (nSPS) is 41.6. The van der Waals surface area contributed by atoms with E-state index in [4.69, 9.17) is 9.47 Å². The van der Waals surface area contributed by atoms with Gasteiger partial charge in [0.25, 0.3) is 0 Å². The highest BCUT2D eigenvalue weighted by atomic mass is 16.5. The van der Waals surface area contributed by atoms with Crippen molar-refractivity contribution in [2.75, 3.05) is 6.61 Å². The quantitative estimate of drug-likeness (QED) is 0.607. The zero-order valence-corrected chi connectivity index (χ0v) is 20.8. The van der Waals surface area contributed by atoms with Crippen LogP contribution in [0, 0.1) is 22.7 Å². The zero-order chi connectivity index (χ0) is 25.9. The van der Waals surface area contributed by atoms with Crippen molar-refractivity contribution in [1.82, 2.24) is 0 Å². The molecular formula is C28H34O8. The summed E-state index contributed by atoms with van der Waals surface area (Å²) in [5.74, 6) is -4.01. The van der Waals surface area contributed by atoms with Gasteiger partial charge >= 0.3 is 11.9 Å². The van der Waals surface area contributed by atoms with E-state index in [9.17, 15) is 29.4 Å². The third-order valence-electron chi connectivity index (χ3n) is 9.72. The highest BCUT2D eigenvalue weighted by molar-refractivity contribution is 5.96. The predicted molar refractivity (Wildman–Crippen MR) is 127 cm³/mol. The van der Waals surface area contributed by atoms with Gasteiger partial charge in [-0.3, -0.25) is 14.4 Å². The molecule has 0 saturated heterocycles. The van der Waals surface area contributed by atoms with Gasteiger partial charge in [0, 0.05) is 18.8 Å². The molecular weight excluding hydrogens is 464 g/mol. The lowest BCUT2D eigenvalue weighted by Crippen LogP contribution is -2.75. The van der Waals surface area contributed by atoms with Crippen molar-refractivity contribution >= 4 is 23.5 Å². The Labute approximate surface area is 210 Å². The van der Waals surface area contributed by atoms with E-state index in [1.165, 1.54) is 0 Å². The largest absolute Gasteiger partial charge is 0.465 e. The molecule has 0 aromatic heterocycles. The average molecular weight is 499 g/mol. The van der Waals surface area contributed by atoms with E-state index in [1.807, 2.05) is 0 Å². The fourth-order valence-corrected chi connectivity index (χ4v) is 7.98. The first kappa shape index (κ1) is 25.1. The number of ether oxygens (including phenoxy) is 2. The van der Waals surface area contributed by atoms with E-state index in [0.29, 0.717) is 18.4 Å². The van der Waals surface area contributed by atoms with E-state index in [1.54, 1.807) is 44.2 Å². The van der Waals surface area contributed by atoms with Gasteiger partial charge in [-0.15, -0.1) is 0 Å².